The average molecular weight is 448 g/mol. The molecule has 3 rings (SSSR count). The van der Waals surface area contributed by atoms with Crippen LogP contribution >= 0.6 is 0 Å². The molecule has 2 aromatic heterocycles. The van der Waals surface area contributed by atoms with Crippen LogP contribution in [0.1, 0.15) is 40.5 Å². The van der Waals surface area contributed by atoms with Crippen molar-refractivity contribution in [1.29, 1.82) is 0 Å². The van der Waals surface area contributed by atoms with Gasteiger partial charge in [0.1, 0.15) is 17.8 Å². The number of fused-ring (bicyclic) bond motifs is 1. The molecule has 1 atom stereocenters. The minimum absolute atomic E-state index is 0.0303. The Balaban J connectivity index is 1.97. The molecule has 2 aromatic rings. The lowest BCUT2D eigenvalue weighted by Crippen LogP contribution is -2.49. The molecule has 10 nitrogen and oxygen atoms in total. The third kappa shape index (κ3) is 5.12. The van der Waals surface area contributed by atoms with Crippen LogP contribution in [0.3, 0.4) is 0 Å². The third-order valence-corrected chi connectivity index (χ3v) is 4.99. The molecule has 32 heavy (non-hydrogen) atoms. The van der Waals surface area contributed by atoms with E-state index in [-0.39, 0.29) is 30.2 Å². The summed E-state index contributed by atoms with van der Waals surface area (Å²) < 4.78 is 20.7. The van der Waals surface area contributed by atoms with Crippen molar-refractivity contribution in [2.45, 2.75) is 65.3 Å². The first-order valence-electron chi connectivity index (χ1n) is 10.6. The zero-order chi connectivity index (χ0) is 23.5. The number of ether oxygens (including phenoxy) is 1. The van der Waals surface area contributed by atoms with Crippen molar-refractivity contribution in [2.75, 3.05) is 24.7 Å². The monoisotopic (exact) mass is 448 g/mol. The van der Waals surface area contributed by atoms with Gasteiger partial charge >= 0.3 is 6.09 Å². The van der Waals surface area contributed by atoms with Crippen molar-refractivity contribution >= 4 is 23.1 Å². The van der Waals surface area contributed by atoms with Gasteiger partial charge in [-0.15, -0.1) is 5.92 Å². The normalized spacial score (nSPS) is 16.5. The van der Waals surface area contributed by atoms with Crippen molar-refractivity contribution < 1.29 is 13.9 Å². The molecular weight excluding hydrogens is 419 g/mol. The van der Waals surface area contributed by atoms with Gasteiger partial charge in [-0.2, -0.15) is 0 Å². The molecule has 0 saturated carbocycles. The van der Waals surface area contributed by atoms with Crippen molar-refractivity contribution in [3.05, 3.63) is 20.7 Å². The second-order valence-electron chi connectivity index (χ2n) is 8.64. The highest BCUT2D eigenvalue weighted by Crippen LogP contribution is 2.22. The third-order valence-electron chi connectivity index (χ3n) is 4.99. The fourth-order valence-corrected chi connectivity index (χ4v) is 3.72. The standard InChI is InChI=1S/C21H29FN6O4/c1-5-6-11-27-16-15(18(30)28(12-9-22)25-17(16)29)24-19(27)26-10-7-8-14(13-26)23-20(31)32-21(2,3)4/h14H,7-13H2,1-4H3,(H,23,31)(H,25,29)/t14-/m1/s1. The minimum atomic E-state index is -0.791. The Morgan fingerprint density at radius 2 is 2.12 bits per heavy atom. The number of hydrogen-bond donors (Lipinski definition) is 2. The number of H-pyrrole nitrogens is 1. The van der Waals surface area contributed by atoms with E-state index in [2.05, 4.69) is 27.2 Å². The number of aromatic nitrogens is 4. The summed E-state index contributed by atoms with van der Waals surface area (Å²) in [5.41, 5.74) is -1.64. The number of piperidine rings is 1. The first-order valence-corrected chi connectivity index (χ1v) is 10.6. The lowest BCUT2D eigenvalue weighted by atomic mass is 10.1. The lowest BCUT2D eigenvalue weighted by Gasteiger charge is -2.34. The summed E-state index contributed by atoms with van der Waals surface area (Å²) in [6, 6.07) is -0.189. The van der Waals surface area contributed by atoms with Crippen molar-refractivity contribution in [1.82, 2.24) is 24.6 Å². The molecule has 0 unspecified atom stereocenters. The molecule has 11 heteroatoms. The van der Waals surface area contributed by atoms with E-state index < -0.39 is 29.5 Å². The van der Waals surface area contributed by atoms with E-state index in [9.17, 15) is 18.8 Å². The Hall–Kier alpha value is -3.29. The number of anilines is 1. The quantitative estimate of drug-likeness (QED) is 0.668. The van der Waals surface area contributed by atoms with Gasteiger partial charge in [-0.1, -0.05) is 5.92 Å². The fourth-order valence-electron chi connectivity index (χ4n) is 3.72. The summed E-state index contributed by atoms with van der Waals surface area (Å²) in [6.07, 6.45) is 1.03. The van der Waals surface area contributed by atoms with Crippen LogP contribution in [0, 0.1) is 11.8 Å². The van der Waals surface area contributed by atoms with Gasteiger partial charge in [-0.05, 0) is 40.5 Å². The Morgan fingerprint density at radius 3 is 2.78 bits per heavy atom. The molecule has 2 N–H and O–H groups in total. The number of imidazole rings is 1. The second-order valence-corrected chi connectivity index (χ2v) is 8.64. The number of nitrogens with zero attached hydrogens (tertiary/aromatic N) is 4. The Morgan fingerprint density at radius 1 is 1.38 bits per heavy atom. The number of carbonyl (C=O) groups excluding carboxylic acids is 1. The number of hydrogen-bond acceptors (Lipinski definition) is 6. The second kappa shape index (κ2) is 9.46. The van der Waals surface area contributed by atoms with Gasteiger partial charge in [-0.25, -0.2) is 18.9 Å². The predicted octanol–water partition coefficient (Wildman–Crippen LogP) is 1.37. The molecule has 1 saturated heterocycles. The summed E-state index contributed by atoms with van der Waals surface area (Å²) >= 11 is 0. The predicted molar refractivity (Wildman–Crippen MR) is 119 cm³/mol. The molecule has 1 aliphatic heterocycles. The highest BCUT2D eigenvalue weighted by molar-refractivity contribution is 5.77. The highest BCUT2D eigenvalue weighted by Gasteiger charge is 2.28. The maximum absolute atomic E-state index is 12.8. The van der Waals surface area contributed by atoms with Gasteiger partial charge in [0.25, 0.3) is 11.1 Å². The van der Waals surface area contributed by atoms with E-state index in [4.69, 9.17) is 4.74 Å². The smallest absolute Gasteiger partial charge is 0.407 e. The molecule has 0 radical (unpaired) electrons. The van der Waals surface area contributed by atoms with Crippen LogP contribution in [-0.2, 0) is 17.8 Å². The number of alkyl halides is 1. The van der Waals surface area contributed by atoms with Gasteiger partial charge in [0.15, 0.2) is 5.52 Å². The maximum Gasteiger partial charge on any atom is 0.407 e. The van der Waals surface area contributed by atoms with E-state index in [0.29, 0.717) is 19.0 Å². The molecule has 1 fully saturated rings. The first kappa shape index (κ1) is 23.4. The zero-order valence-corrected chi connectivity index (χ0v) is 18.8. The lowest BCUT2D eigenvalue weighted by molar-refractivity contribution is 0.0500. The number of alkyl carbamates (subject to hydrolysis) is 1. The number of halogens is 1. The number of rotatable bonds is 5. The largest absolute Gasteiger partial charge is 0.444 e. The molecule has 1 amide bonds. The SMILES string of the molecule is CC#CCn1c(N2CCC[C@@H](NC(=O)OC(C)(C)C)C2)nc2c(=O)n(CCF)[nH]c(=O)c21. The van der Waals surface area contributed by atoms with Gasteiger partial charge in [-0.3, -0.25) is 19.3 Å². The molecule has 0 aromatic carbocycles. The molecule has 3 heterocycles. The van der Waals surface area contributed by atoms with Gasteiger partial charge in [0.2, 0.25) is 5.95 Å². The Kier molecular flexibility index (Phi) is 6.91. The van der Waals surface area contributed by atoms with Crippen LogP contribution in [0.5, 0.6) is 0 Å². The van der Waals surface area contributed by atoms with Gasteiger partial charge in [0, 0.05) is 19.1 Å². The van der Waals surface area contributed by atoms with Gasteiger partial charge in [0.05, 0.1) is 13.1 Å². The van der Waals surface area contributed by atoms with Crippen LogP contribution < -0.4 is 21.3 Å². The summed E-state index contributed by atoms with van der Waals surface area (Å²) in [4.78, 5) is 44.0. The Labute approximate surface area is 184 Å². The average Bonchev–Trinajstić information content (AvgIpc) is 3.09. The zero-order valence-electron chi connectivity index (χ0n) is 18.8. The number of nitrogens with one attached hydrogen (secondary N) is 2. The molecule has 0 spiro atoms. The van der Waals surface area contributed by atoms with E-state index in [1.165, 1.54) is 0 Å². The topological polar surface area (TPSA) is 114 Å². The molecule has 0 bridgehead atoms. The highest BCUT2D eigenvalue weighted by atomic mass is 19.1. The van der Waals surface area contributed by atoms with Crippen LogP contribution in [-0.4, -0.2) is 56.8 Å². The summed E-state index contributed by atoms with van der Waals surface area (Å²) in [6.45, 7) is 7.24. The fraction of sp³-hybridized carbons (Fsp3) is 0.619. The molecule has 1 aliphatic rings. The van der Waals surface area contributed by atoms with Crippen LogP contribution in [0.25, 0.3) is 11.0 Å². The van der Waals surface area contributed by atoms with Crippen molar-refractivity contribution in [3.63, 3.8) is 0 Å². The minimum Gasteiger partial charge on any atom is -0.444 e. The summed E-state index contributed by atoms with van der Waals surface area (Å²) in [5, 5.41) is 5.29. The van der Waals surface area contributed by atoms with E-state index in [1.807, 2.05) is 4.90 Å². The first-order chi connectivity index (χ1) is 15.1. The van der Waals surface area contributed by atoms with Gasteiger partial charge < -0.3 is 15.0 Å². The van der Waals surface area contributed by atoms with Crippen LogP contribution in [0.4, 0.5) is 15.1 Å². The number of aromatic amines is 1. The summed E-state index contributed by atoms with van der Waals surface area (Å²) in [7, 11) is 0. The Bertz CT molecular complexity index is 1160. The van der Waals surface area contributed by atoms with E-state index in [1.54, 1.807) is 32.3 Å². The van der Waals surface area contributed by atoms with E-state index in [0.717, 1.165) is 17.5 Å². The number of carbonyl (C=O) groups is 1. The number of aryl methyl sites for hydroxylation is 1. The van der Waals surface area contributed by atoms with E-state index >= 15 is 0 Å². The van der Waals surface area contributed by atoms with Crippen LogP contribution in [0.2, 0.25) is 0 Å². The van der Waals surface area contributed by atoms with Crippen molar-refractivity contribution in [3.8, 4) is 11.8 Å². The molecule has 0 aliphatic carbocycles. The molecular formula is C21H29FN6O4. The maximum atomic E-state index is 12.8. The summed E-state index contributed by atoms with van der Waals surface area (Å²) in [5.74, 6) is 6.12. The van der Waals surface area contributed by atoms with Crippen molar-refractivity contribution in [2.24, 2.45) is 0 Å². The number of amides is 1. The molecule has 174 valence electrons. The van der Waals surface area contributed by atoms with Crippen LogP contribution in [0.15, 0.2) is 9.59 Å².